The highest BCUT2D eigenvalue weighted by atomic mass is 32.2. The molecule has 0 spiro atoms. The van der Waals surface area contributed by atoms with Crippen molar-refractivity contribution in [2.45, 2.75) is 12.8 Å². The summed E-state index contributed by atoms with van der Waals surface area (Å²) in [6.07, 6.45) is 3.43. The van der Waals surface area contributed by atoms with Crippen LogP contribution in [0.25, 0.3) is 17.3 Å². The lowest BCUT2D eigenvalue weighted by molar-refractivity contribution is 0.391. The van der Waals surface area contributed by atoms with Crippen LogP contribution in [0.2, 0.25) is 0 Å². The van der Waals surface area contributed by atoms with Gasteiger partial charge in [-0.3, -0.25) is 9.29 Å². The van der Waals surface area contributed by atoms with Crippen molar-refractivity contribution >= 4 is 16.0 Å². The Hall–Kier alpha value is -4.00. The van der Waals surface area contributed by atoms with E-state index in [9.17, 15) is 12.8 Å². The predicted molar refractivity (Wildman–Crippen MR) is 120 cm³/mol. The molecule has 0 fully saturated rings. The zero-order chi connectivity index (χ0) is 24.3. The number of nitrogens with one attached hydrogen (secondary N) is 1. The van der Waals surface area contributed by atoms with E-state index in [-0.39, 0.29) is 23.4 Å². The lowest BCUT2D eigenvalue weighted by Crippen LogP contribution is -2.23. The maximum absolute atomic E-state index is 13.1. The van der Waals surface area contributed by atoms with Gasteiger partial charge in [-0.25, -0.2) is 22.8 Å². The van der Waals surface area contributed by atoms with Gasteiger partial charge in [-0.2, -0.15) is 0 Å². The van der Waals surface area contributed by atoms with E-state index in [2.05, 4.69) is 24.9 Å². The second-order valence-corrected chi connectivity index (χ2v) is 8.98. The smallest absolute Gasteiger partial charge is 0.243 e. The molecular formula is C21H21FN6O5S. The quantitative estimate of drug-likeness (QED) is 0.377. The van der Waals surface area contributed by atoms with Crippen molar-refractivity contribution in [1.29, 1.82) is 0 Å². The molecule has 3 aromatic heterocycles. The number of sulfonamides is 1. The van der Waals surface area contributed by atoms with Crippen molar-refractivity contribution < 1.29 is 26.7 Å². The number of ether oxygens (including phenoxy) is 2. The fourth-order valence-electron chi connectivity index (χ4n) is 3.34. The highest BCUT2D eigenvalue weighted by molar-refractivity contribution is 7.92. The minimum absolute atomic E-state index is 0.110. The molecule has 1 atom stereocenters. The Morgan fingerprint density at radius 2 is 1.76 bits per heavy atom. The first-order valence-electron chi connectivity index (χ1n) is 10.0. The number of rotatable bonds is 9. The van der Waals surface area contributed by atoms with Crippen molar-refractivity contribution in [1.82, 2.24) is 24.7 Å². The number of halogens is 1. The van der Waals surface area contributed by atoms with E-state index in [0.29, 0.717) is 22.9 Å². The molecule has 1 aromatic carbocycles. The number of nitrogens with zero attached hydrogens (tertiary/aromatic N) is 5. The Balaban J connectivity index is 1.76. The maximum atomic E-state index is 13.1. The molecule has 0 aliphatic rings. The Bertz CT molecular complexity index is 1350. The summed E-state index contributed by atoms with van der Waals surface area (Å²) in [5.41, 5.74) is 0.372. The Morgan fingerprint density at radius 3 is 2.35 bits per heavy atom. The number of hydrogen-bond donors (Lipinski definition) is 1. The van der Waals surface area contributed by atoms with Crippen molar-refractivity contribution in [2.24, 2.45) is 0 Å². The lowest BCUT2D eigenvalue weighted by atomic mass is 10.2. The molecule has 0 aliphatic heterocycles. The summed E-state index contributed by atoms with van der Waals surface area (Å²) in [6, 6.07) is 8.44. The molecule has 0 saturated carbocycles. The Morgan fingerprint density at radius 1 is 1.09 bits per heavy atom. The number of benzene rings is 1. The van der Waals surface area contributed by atoms with E-state index in [4.69, 9.17) is 13.9 Å². The second kappa shape index (κ2) is 9.47. The molecule has 0 bridgehead atoms. The normalized spacial score (nSPS) is 12.4. The summed E-state index contributed by atoms with van der Waals surface area (Å²) in [6.45, 7) is 1.62. The summed E-state index contributed by atoms with van der Waals surface area (Å²) in [5.74, 6) is -0.191. The Labute approximate surface area is 194 Å². The van der Waals surface area contributed by atoms with Crippen LogP contribution in [0, 0.1) is 5.82 Å². The van der Waals surface area contributed by atoms with Gasteiger partial charge < -0.3 is 13.9 Å². The zero-order valence-electron chi connectivity index (χ0n) is 18.5. The van der Waals surface area contributed by atoms with E-state index in [1.807, 2.05) is 0 Å². The van der Waals surface area contributed by atoms with E-state index < -0.39 is 21.8 Å². The molecule has 0 amide bonds. The van der Waals surface area contributed by atoms with Gasteiger partial charge in [0.15, 0.2) is 11.6 Å². The van der Waals surface area contributed by atoms with Gasteiger partial charge in [0.05, 0.1) is 38.6 Å². The molecule has 178 valence electrons. The number of hydrogen-bond acceptors (Lipinski definition) is 9. The summed E-state index contributed by atoms with van der Waals surface area (Å²) >= 11 is 0. The highest BCUT2D eigenvalue weighted by Gasteiger charge is 2.27. The van der Waals surface area contributed by atoms with Gasteiger partial charge in [-0.1, -0.05) is 13.0 Å². The molecule has 34 heavy (non-hydrogen) atoms. The zero-order valence-corrected chi connectivity index (χ0v) is 19.3. The third-order valence-corrected chi connectivity index (χ3v) is 6.26. The average molecular weight is 489 g/mol. The van der Waals surface area contributed by atoms with Crippen LogP contribution >= 0.6 is 0 Å². The topological polar surface area (TPSA) is 134 Å². The van der Waals surface area contributed by atoms with E-state index in [1.165, 1.54) is 25.0 Å². The fraction of sp³-hybridized carbons (Fsp3) is 0.238. The van der Waals surface area contributed by atoms with Crippen molar-refractivity contribution in [2.75, 3.05) is 24.7 Å². The average Bonchev–Trinajstić information content (AvgIpc) is 3.48. The molecule has 0 unspecified atom stereocenters. The van der Waals surface area contributed by atoms with Gasteiger partial charge in [0, 0.05) is 5.92 Å². The van der Waals surface area contributed by atoms with Gasteiger partial charge in [-0.05, 0) is 24.3 Å². The number of anilines is 1. The SMILES string of the molecule is COc1cccc(OC)c1-n1c(NS(=O)(=O)C[C@H](C)c2ncc(F)cn2)nnc1-c1ccco1. The summed E-state index contributed by atoms with van der Waals surface area (Å²) in [7, 11) is -1.03. The van der Waals surface area contributed by atoms with Gasteiger partial charge in [0.25, 0.3) is 0 Å². The standard InChI is InChI=1S/C21H21FN6O5S/c1-13(19-23-10-14(22)11-24-19)12-34(29,30)27-21-26-25-20(17-8-5-9-33-17)28(21)18-15(31-2)6-4-7-16(18)32-3/h4-11,13H,12H2,1-3H3,(H,26,27)/t13-/m0/s1. The van der Waals surface area contributed by atoms with Gasteiger partial charge >= 0.3 is 0 Å². The number of methoxy groups -OCH3 is 2. The first-order valence-corrected chi connectivity index (χ1v) is 11.7. The van der Waals surface area contributed by atoms with Crippen LogP contribution in [0.15, 0.2) is 53.4 Å². The summed E-state index contributed by atoms with van der Waals surface area (Å²) < 4.78 is 59.5. The molecule has 11 nitrogen and oxygen atoms in total. The molecule has 3 heterocycles. The molecule has 4 rings (SSSR count). The van der Waals surface area contributed by atoms with E-state index >= 15 is 0 Å². The molecule has 1 N–H and O–H groups in total. The highest BCUT2D eigenvalue weighted by Crippen LogP contribution is 2.37. The van der Waals surface area contributed by atoms with Crippen LogP contribution in [0.1, 0.15) is 18.7 Å². The summed E-state index contributed by atoms with van der Waals surface area (Å²) in [4.78, 5) is 7.72. The van der Waals surface area contributed by atoms with Crippen LogP contribution in [0.4, 0.5) is 10.3 Å². The third-order valence-electron chi connectivity index (χ3n) is 4.83. The van der Waals surface area contributed by atoms with Gasteiger partial charge in [0.2, 0.25) is 21.8 Å². The van der Waals surface area contributed by atoms with Crippen molar-refractivity contribution in [3.63, 3.8) is 0 Å². The molecule has 0 aliphatic carbocycles. The number of furan rings is 1. The molecule has 4 aromatic rings. The minimum atomic E-state index is -3.98. The Kier molecular flexibility index (Phi) is 6.45. The van der Waals surface area contributed by atoms with E-state index in [0.717, 1.165) is 12.4 Å². The van der Waals surface area contributed by atoms with Crippen LogP contribution in [-0.4, -0.2) is 53.1 Å². The van der Waals surface area contributed by atoms with Crippen molar-refractivity contribution in [3.05, 3.63) is 60.6 Å². The first kappa shape index (κ1) is 23.2. The van der Waals surface area contributed by atoms with Crippen LogP contribution in [0.3, 0.4) is 0 Å². The summed E-state index contributed by atoms with van der Waals surface area (Å²) in [5, 5.41) is 8.18. The molecule has 13 heteroatoms. The number of para-hydroxylation sites is 1. The van der Waals surface area contributed by atoms with Crippen LogP contribution in [-0.2, 0) is 10.0 Å². The maximum Gasteiger partial charge on any atom is 0.243 e. The number of aromatic nitrogens is 5. The molecular weight excluding hydrogens is 467 g/mol. The van der Waals surface area contributed by atoms with Crippen molar-refractivity contribution in [3.8, 4) is 28.8 Å². The fourth-order valence-corrected chi connectivity index (χ4v) is 4.64. The van der Waals surface area contributed by atoms with Gasteiger partial charge in [0.1, 0.15) is 23.0 Å². The molecule has 0 radical (unpaired) electrons. The predicted octanol–water partition coefficient (Wildman–Crippen LogP) is 3.02. The minimum Gasteiger partial charge on any atom is -0.494 e. The lowest BCUT2D eigenvalue weighted by Gasteiger charge is -2.17. The second-order valence-electron chi connectivity index (χ2n) is 7.22. The third kappa shape index (κ3) is 4.69. The van der Waals surface area contributed by atoms with Gasteiger partial charge in [-0.15, -0.1) is 10.2 Å². The van der Waals surface area contributed by atoms with Crippen LogP contribution < -0.4 is 14.2 Å². The van der Waals surface area contributed by atoms with E-state index in [1.54, 1.807) is 37.3 Å². The largest absolute Gasteiger partial charge is 0.494 e. The molecule has 0 saturated heterocycles. The monoisotopic (exact) mass is 488 g/mol. The van der Waals surface area contributed by atoms with Crippen LogP contribution in [0.5, 0.6) is 11.5 Å². The first-order chi connectivity index (χ1) is 16.3.